The summed E-state index contributed by atoms with van der Waals surface area (Å²) in [6.07, 6.45) is 2.61. The van der Waals surface area contributed by atoms with Gasteiger partial charge in [-0.25, -0.2) is 4.98 Å². The number of benzene rings is 1. The normalized spacial score (nSPS) is 10.1. The molecule has 0 spiro atoms. The number of methoxy groups -OCH3 is 1. The maximum absolute atomic E-state index is 6.01. The maximum Gasteiger partial charge on any atom is 0.144 e. The van der Waals surface area contributed by atoms with Crippen LogP contribution >= 0.6 is 11.6 Å². The predicted molar refractivity (Wildman–Crippen MR) is 74.4 cm³/mol. The van der Waals surface area contributed by atoms with E-state index in [2.05, 4.69) is 16.4 Å². The van der Waals surface area contributed by atoms with E-state index < -0.39 is 0 Å². The summed E-state index contributed by atoms with van der Waals surface area (Å²) in [5.41, 5.74) is 1.22. The second-order valence-electron chi connectivity index (χ2n) is 3.86. The molecule has 18 heavy (non-hydrogen) atoms. The summed E-state index contributed by atoms with van der Waals surface area (Å²) in [4.78, 5) is 4.18. The first-order valence-corrected chi connectivity index (χ1v) is 6.14. The minimum atomic E-state index is 0.642. The van der Waals surface area contributed by atoms with Crippen molar-refractivity contribution in [1.29, 1.82) is 0 Å². The fraction of sp³-hybridized carbons (Fsp3) is 0.214. The van der Waals surface area contributed by atoms with E-state index in [0.29, 0.717) is 5.02 Å². The molecule has 0 unspecified atom stereocenters. The Balaban J connectivity index is 1.90. The second-order valence-corrected chi connectivity index (χ2v) is 4.27. The van der Waals surface area contributed by atoms with E-state index in [-0.39, 0.29) is 0 Å². The SMILES string of the molecule is COc1cccc(CCNc2ncccc2Cl)c1. The molecule has 0 fully saturated rings. The van der Waals surface area contributed by atoms with E-state index in [1.165, 1.54) is 5.56 Å². The number of ether oxygens (including phenoxy) is 1. The van der Waals surface area contributed by atoms with Crippen molar-refractivity contribution < 1.29 is 4.74 Å². The highest BCUT2D eigenvalue weighted by atomic mass is 35.5. The molecule has 4 heteroatoms. The van der Waals surface area contributed by atoms with E-state index >= 15 is 0 Å². The number of halogens is 1. The lowest BCUT2D eigenvalue weighted by Crippen LogP contribution is -2.06. The highest BCUT2D eigenvalue weighted by Gasteiger charge is 2.00. The van der Waals surface area contributed by atoms with Gasteiger partial charge in [-0.15, -0.1) is 0 Å². The standard InChI is InChI=1S/C14H15ClN2O/c1-18-12-5-2-4-11(10-12)7-9-17-14-13(15)6-3-8-16-14/h2-6,8,10H,7,9H2,1H3,(H,16,17). The molecule has 1 aromatic carbocycles. The van der Waals surface area contributed by atoms with Crippen LogP contribution in [0.15, 0.2) is 42.6 Å². The zero-order chi connectivity index (χ0) is 12.8. The van der Waals surface area contributed by atoms with Gasteiger partial charge >= 0.3 is 0 Å². The van der Waals surface area contributed by atoms with Crippen molar-refractivity contribution >= 4 is 17.4 Å². The second kappa shape index (κ2) is 6.26. The summed E-state index contributed by atoms with van der Waals surface area (Å²) in [5, 5.41) is 3.86. The monoisotopic (exact) mass is 262 g/mol. The molecule has 94 valence electrons. The molecular weight excluding hydrogens is 248 g/mol. The van der Waals surface area contributed by atoms with Crippen LogP contribution in [0.1, 0.15) is 5.56 Å². The number of rotatable bonds is 5. The molecule has 0 aliphatic heterocycles. The summed E-state index contributed by atoms with van der Waals surface area (Å²) in [7, 11) is 1.67. The zero-order valence-electron chi connectivity index (χ0n) is 10.2. The molecule has 0 aliphatic rings. The summed E-state index contributed by atoms with van der Waals surface area (Å²) >= 11 is 6.01. The van der Waals surface area contributed by atoms with Crippen LogP contribution in [0.2, 0.25) is 5.02 Å². The van der Waals surface area contributed by atoms with E-state index in [1.807, 2.05) is 30.3 Å². The van der Waals surface area contributed by atoms with Gasteiger partial charge < -0.3 is 10.1 Å². The fourth-order valence-corrected chi connectivity index (χ4v) is 1.86. The molecule has 2 rings (SSSR count). The van der Waals surface area contributed by atoms with Crippen LogP contribution in [0.4, 0.5) is 5.82 Å². The third kappa shape index (κ3) is 3.37. The first-order chi connectivity index (χ1) is 8.79. The van der Waals surface area contributed by atoms with Crippen molar-refractivity contribution in [2.75, 3.05) is 19.0 Å². The van der Waals surface area contributed by atoms with E-state index in [4.69, 9.17) is 16.3 Å². The van der Waals surface area contributed by atoms with Gasteiger partial charge in [-0.2, -0.15) is 0 Å². The Morgan fingerprint density at radius 3 is 2.94 bits per heavy atom. The van der Waals surface area contributed by atoms with Crippen molar-refractivity contribution in [2.24, 2.45) is 0 Å². The Morgan fingerprint density at radius 2 is 2.17 bits per heavy atom. The van der Waals surface area contributed by atoms with Gasteiger partial charge in [-0.1, -0.05) is 23.7 Å². The number of aromatic nitrogens is 1. The van der Waals surface area contributed by atoms with Crippen LogP contribution < -0.4 is 10.1 Å². The number of hydrogen-bond acceptors (Lipinski definition) is 3. The van der Waals surface area contributed by atoms with Gasteiger partial charge in [-0.3, -0.25) is 0 Å². The summed E-state index contributed by atoms with van der Waals surface area (Å²) < 4.78 is 5.18. The number of hydrogen-bond donors (Lipinski definition) is 1. The van der Waals surface area contributed by atoms with Gasteiger partial charge in [0.2, 0.25) is 0 Å². The molecule has 0 saturated carbocycles. The molecule has 0 atom stereocenters. The topological polar surface area (TPSA) is 34.1 Å². The van der Waals surface area contributed by atoms with Crippen LogP contribution in [0.25, 0.3) is 0 Å². The quantitative estimate of drug-likeness (QED) is 0.897. The van der Waals surface area contributed by atoms with Crippen LogP contribution in [-0.2, 0) is 6.42 Å². The Labute approximate surface area is 112 Å². The molecule has 0 bridgehead atoms. The van der Waals surface area contributed by atoms with Gasteiger partial charge in [0.25, 0.3) is 0 Å². The van der Waals surface area contributed by atoms with Crippen molar-refractivity contribution in [3.63, 3.8) is 0 Å². The number of nitrogens with zero attached hydrogens (tertiary/aromatic N) is 1. The van der Waals surface area contributed by atoms with Gasteiger partial charge in [0.05, 0.1) is 12.1 Å². The molecular formula is C14H15ClN2O. The van der Waals surface area contributed by atoms with Crippen molar-refractivity contribution in [1.82, 2.24) is 4.98 Å². The number of pyridine rings is 1. The average Bonchev–Trinajstić information content (AvgIpc) is 2.41. The average molecular weight is 263 g/mol. The van der Waals surface area contributed by atoms with Gasteiger partial charge in [0.15, 0.2) is 0 Å². The molecule has 3 nitrogen and oxygen atoms in total. The van der Waals surface area contributed by atoms with Crippen LogP contribution in [0.3, 0.4) is 0 Å². The third-order valence-corrected chi connectivity index (χ3v) is 2.90. The van der Waals surface area contributed by atoms with Gasteiger partial charge in [-0.05, 0) is 36.2 Å². The van der Waals surface area contributed by atoms with Crippen LogP contribution in [0.5, 0.6) is 5.75 Å². The predicted octanol–water partition coefficient (Wildman–Crippen LogP) is 3.40. The van der Waals surface area contributed by atoms with Gasteiger partial charge in [0.1, 0.15) is 11.6 Å². The zero-order valence-corrected chi connectivity index (χ0v) is 10.9. The first kappa shape index (κ1) is 12.7. The van der Waals surface area contributed by atoms with Crippen molar-refractivity contribution in [2.45, 2.75) is 6.42 Å². The Morgan fingerprint density at radius 1 is 1.28 bits per heavy atom. The lowest BCUT2D eigenvalue weighted by atomic mass is 10.1. The first-order valence-electron chi connectivity index (χ1n) is 5.77. The largest absolute Gasteiger partial charge is 0.497 e. The molecule has 1 heterocycles. The summed E-state index contributed by atoms with van der Waals surface area (Å²) in [6, 6.07) is 11.7. The Kier molecular flexibility index (Phi) is 4.42. The van der Waals surface area contributed by atoms with E-state index in [0.717, 1.165) is 24.5 Å². The van der Waals surface area contributed by atoms with Crippen molar-refractivity contribution in [3.05, 3.63) is 53.2 Å². The smallest absolute Gasteiger partial charge is 0.144 e. The van der Waals surface area contributed by atoms with Crippen LogP contribution in [-0.4, -0.2) is 18.6 Å². The Bertz CT molecular complexity index is 517. The molecule has 0 aliphatic carbocycles. The molecule has 1 N–H and O–H groups in total. The number of nitrogens with one attached hydrogen (secondary N) is 1. The highest BCUT2D eigenvalue weighted by Crippen LogP contribution is 2.17. The third-order valence-electron chi connectivity index (χ3n) is 2.60. The lowest BCUT2D eigenvalue weighted by Gasteiger charge is -2.07. The Hall–Kier alpha value is -1.74. The minimum Gasteiger partial charge on any atom is -0.497 e. The molecule has 0 amide bonds. The highest BCUT2D eigenvalue weighted by molar-refractivity contribution is 6.32. The lowest BCUT2D eigenvalue weighted by molar-refractivity contribution is 0.414. The van der Waals surface area contributed by atoms with Crippen molar-refractivity contribution in [3.8, 4) is 5.75 Å². The van der Waals surface area contributed by atoms with Gasteiger partial charge in [0, 0.05) is 12.7 Å². The molecule has 0 saturated heterocycles. The molecule has 1 aromatic heterocycles. The minimum absolute atomic E-state index is 0.642. The number of anilines is 1. The molecule has 2 aromatic rings. The van der Waals surface area contributed by atoms with Crippen LogP contribution in [0, 0.1) is 0 Å². The summed E-state index contributed by atoms with van der Waals surface area (Å²) in [5.74, 6) is 1.60. The molecule has 0 radical (unpaired) electrons. The van der Waals surface area contributed by atoms with E-state index in [1.54, 1.807) is 13.3 Å². The van der Waals surface area contributed by atoms with E-state index in [9.17, 15) is 0 Å². The fourth-order valence-electron chi connectivity index (χ4n) is 1.67. The summed E-state index contributed by atoms with van der Waals surface area (Å²) in [6.45, 7) is 0.782. The maximum atomic E-state index is 6.01.